The second-order valence-corrected chi connectivity index (χ2v) is 5.62. The predicted octanol–water partition coefficient (Wildman–Crippen LogP) is 1.41. The Bertz CT molecular complexity index is 255. The van der Waals surface area contributed by atoms with Crippen LogP contribution in [0.1, 0.15) is 6.42 Å². The number of hydrogen-bond donors (Lipinski definition) is 1. The van der Waals surface area contributed by atoms with Gasteiger partial charge in [0.25, 0.3) is 0 Å². The number of thioether (sulfide) groups is 1. The van der Waals surface area contributed by atoms with Crippen LogP contribution in [0.15, 0.2) is 10.1 Å². The van der Waals surface area contributed by atoms with Crippen molar-refractivity contribution in [2.45, 2.75) is 11.7 Å². The van der Waals surface area contributed by atoms with Crippen molar-refractivity contribution in [3.63, 3.8) is 0 Å². The molecule has 0 aliphatic carbocycles. The molecule has 0 bridgehead atoms. The molecule has 0 fully saturated rings. The van der Waals surface area contributed by atoms with E-state index in [1.807, 2.05) is 19.0 Å². The number of rotatable bonds is 3. The molecule has 6 heteroatoms. The highest BCUT2D eigenvalue weighted by atomic mass is 32.2. The summed E-state index contributed by atoms with van der Waals surface area (Å²) >= 11 is -0.989. The van der Waals surface area contributed by atoms with Crippen LogP contribution in [-0.4, -0.2) is 39.6 Å². The van der Waals surface area contributed by atoms with Crippen molar-refractivity contribution in [2.75, 3.05) is 20.6 Å². The highest BCUT2D eigenvalue weighted by Gasteiger charge is 2.28. The number of allylic oxidation sites excluding steroid dienone is 1. The molecule has 0 saturated carbocycles. The van der Waals surface area contributed by atoms with Crippen LogP contribution < -0.4 is 0 Å². The van der Waals surface area contributed by atoms with E-state index in [-0.39, 0.29) is 15.9 Å². The van der Waals surface area contributed by atoms with Crippen LogP contribution in [0.3, 0.4) is 0 Å². The van der Waals surface area contributed by atoms with Gasteiger partial charge in [-0.2, -0.15) is 0 Å². The van der Waals surface area contributed by atoms with Crippen LogP contribution in [0.5, 0.6) is 0 Å². The van der Waals surface area contributed by atoms with Gasteiger partial charge in [0, 0.05) is 18.2 Å². The van der Waals surface area contributed by atoms with Crippen LogP contribution >= 0.6 is 11.8 Å². The van der Waals surface area contributed by atoms with E-state index in [2.05, 4.69) is 0 Å². The monoisotopic (exact) mass is 225 g/mol. The van der Waals surface area contributed by atoms with Crippen molar-refractivity contribution in [2.24, 2.45) is 0 Å². The number of nitrogens with zero attached hydrogens (tertiary/aromatic N) is 1. The second-order valence-electron chi connectivity index (χ2n) is 3.15. The lowest BCUT2D eigenvalue weighted by molar-refractivity contribution is 0.401. The summed E-state index contributed by atoms with van der Waals surface area (Å²) in [6.07, 6.45) is 0.268. The zero-order chi connectivity index (χ0) is 10.0. The highest BCUT2D eigenvalue weighted by molar-refractivity contribution is 8.15. The summed E-state index contributed by atoms with van der Waals surface area (Å²) in [4.78, 5) is 1.94. The number of hydrogen-bond acceptors (Lipinski definition) is 3. The molecule has 1 heterocycles. The van der Waals surface area contributed by atoms with E-state index in [1.54, 1.807) is 0 Å². The van der Waals surface area contributed by atoms with Gasteiger partial charge in [0.15, 0.2) is 11.1 Å². The minimum Gasteiger partial charge on any atom is -0.308 e. The lowest BCUT2D eigenvalue weighted by Gasteiger charge is -2.14. The average Bonchev–Trinajstić information content (AvgIpc) is 2.29. The molecule has 1 aliphatic rings. The molecule has 0 amide bonds. The quantitative estimate of drug-likeness (QED) is 0.737. The molecule has 0 aromatic heterocycles. The molecule has 76 valence electrons. The average molecular weight is 225 g/mol. The molecule has 0 aromatic carbocycles. The normalized spacial score (nSPS) is 25.8. The van der Waals surface area contributed by atoms with Crippen molar-refractivity contribution in [3.05, 3.63) is 10.1 Å². The molecule has 13 heavy (non-hydrogen) atoms. The molecule has 1 N–H and O–H groups in total. The Morgan fingerprint density at radius 1 is 1.77 bits per heavy atom. The Labute approximate surface area is 83.7 Å². The lowest BCUT2D eigenvalue weighted by atomic mass is 10.3. The summed E-state index contributed by atoms with van der Waals surface area (Å²) in [7, 11) is 3.79. The number of halogens is 1. The maximum absolute atomic E-state index is 13.0. The molecule has 0 radical (unpaired) electrons. The SMILES string of the molecule is CN(C)CC1CC(F)=C(S(=O)O)S1. The van der Waals surface area contributed by atoms with Crippen LogP contribution in [-0.2, 0) is 11.1 Å². The summed E-state index contributed by atoms with van der Waals surface area (Å²) in [6, 6.07) is 0. The van der Waals surface area contributed by atoms with E-state index in [1.165, 1.54) is 11.8 Å². The van der Waals surface area contributed by atoms with Crippen LogP contribution in [0, 0.1) is 0 Å². The van der Waals surface area contributed by atoms with Gasteiger partial charge in [0.1, 0.15) is 10.1 Å². The lowest BCUT2D eigenvalue weighted by Crippen LogP contribution is -2.22. The summed E-state index contributed by atoms with van der Waals surface area (Å²) in [5.74, 6) is -0.433. The summed E-state index contributed by atoms with van der Waals surface area (Å²) in [5.41, 5.74) is 0. The van der Waals surface area contributed by atoms with Crippen LogP contribution in [0.25, 0.3) is 0 Å². The molecular formula is C7H12FNO2S2. The van der Waals surface area contributed by atoms with E-state index >= 15 is 0 Å². The molecule has 1 aliphatic heterocycles. The summed E-state index contributed by atoms with van der Waals surface area (Å²) in [6.45, 7) is 0.721. The minimum atomic E-state index is -2.16. The fourth-order valence-corrected chi connectivity index (χ4v) is 3.31. The zero-order valence-electron chi connectivity index (χ0n) is 7.49. The van der Waals surface area contributed by atoms with Gasteiger partial charge in [-0.3, -0.25) is 0 Å². The van der Waals surface area contributed by atoms with E-state index in [0.29, 0.717) is 0 Å². The Balaban J connectivity index is 2.54. The molecule has 2 atom stereocenters. The predicted molar refractivity (Wildman–Crippen MR) is 53.5 cm³/mol. The molecular weight excluding hydrogens is 213 g/mol. The Morgan fingerprint density at radius 2 is 2.38 bits per heavy atom. The van der Waals surface area contributed by atoms with Crippen molar-refractivity contribution in [1.82, 2.24) is 4.90 Å². The van der Waals surface area contributed by atoms with E-state index in [4.69, 9.17) is 4.55 Å². The molecule has 2 unspecified atom stereocenters. The Kier molecular flexibility index (Phi) is 3.90. The van der Waals surface area contributed by atoms with E-state index in [0.717, 1.165) is 6.54 Å². The largest absolute Gasteiger partial charge is 0.308 e. The van der Waals surface area contributed by atoms with Gasteiger partial charge in [-0.25, -0.2) is 8.60 Å². The van der Waals surface area contributed by atoms with Gasteiger partial charge in [-0.05, 0) is 14.1 Å². The zero-order valence-corrected chi connectivity index (χ0v) is 9.12. The van der Waals surface area contributed by atoms with Crippen LogP contribution in [0.4, 0.5) is 4.39 Å². The second kappa shape index (κ2) is 4.54. The van der Waals surface area contributed by atoms with Gasteiger partial charge >= 0.3 is 0 Å². The minimum absolute atomic E-state index is 0.00755. The third-order valence-electron chi connectivity index (χ3n) is 1.63. The van der Waals surface area contributed by atoms with Crippen LogP contribution in [0.2, 0.25) is 0 Å². The first-order valence-corrected chi connectivity index (χ1v) is 5.80. The van der Waals surface area contributed by atoms with Gasteiger partial charge < -0.3 is 9.45 Å². The van der Waals surface area contributed by atoms with Crippen molar-refractivity contribution < 1.29 is 13.2 Å². The fraction of sp³-hybridized carbons (Fsp3) is 0.714. The smallest absolute Gasteiger partial charge is 0.195 e. The molecule has 0 saturated heterocycles. The third-order valence-corrected chi connectivity index (χ3v) is 3.97. The van der Waals surface area contributed by atoms with Gasteiger partial charge in [0.05, 0.1) is 0 Å². The highest BCUT2D eigenvalue weighted by Crippen LogP contribution is 2.39. The topological polar surface area (TPSA) is 40.5 Å². The van der Waals surface area contributed by atoms with Gasteiger partial charge in [-0.15, -0.1) is 11.8 Å². The summed E-state index contributed by atoms with van der Waals surface area (Å²) < 4.78 is 32.4. The maximum atomic E-state index is 13.0. The Hall–Kier alpha value is 0.0900. The Morgan fingerprint density at radius 3 is 2.77 bits per heavy atom. The molecule has 0 aromatic rings. The van der Waals surface area contributed by atoms with Crippen molar-refractivity contribution in [1.29, 1.82) is 0 Å². The standard InChI is InChI=1S/C7H12FNO2S2/c1-9(2)4-5-3-6(8)7(12-5)13(10)11/h5H,3-4H2,1-2H3,(H,10,11). The van der Waals surface area contributed by atoms with Crippen molar-refractivity contribution in [3.8, 4) is 0 Å². The first-order valence-electron chi connectivity index (χ1n) is 3.81. The maximum Gasteiger partial charge on any atom is 0.195 e. The summed E-state index contributed by atoms with van der Waals surface area (Å²) in [5, 5.41) is 0.0705. The van der Waals surface area contributed by atoms with Gasteiger partial charge in [-0.1, -0.05) is 0 Å². The molecule has 1 rings (SSSR count). The first-order chi connectivity index (χ1) is 6.00. The molecule has 3 nitrogen and oxygen atoms in total. The van der Waals surface area contributed by atoms with E-state index in [9.17, 15) is 8.60 Å². The van der Waals surface area contributed by atoms with Gasteiger partial charge in [0.2, 0.25) is 0 Å². The molecule has 0 spiro atoms. The fourth-order valence-electron chi connectivity index (χ4n) is 1.19. The first kappa shape index (κ1) is 11.2. The third kappa shape index (κ3) is 3.05. The van der Waals surface area contributed by atoms with E-state index < -0.39 is 16.9 Å². The van der Waals surface area contributed by atoms with Crippen molar-refractivity contribution >= 4 is 22.8 Å².